The van der Waals surface area contributed by atoms with E-state index in [0.29, 0.717) is 0 Å². The van der Waals surface area contributed by atoms with Gasteiger partial charge in [-0.1, -0.05) is 31.9 Å². The lowest BCUT2D eigenvalue weighted by atomic mass is 9.78. The third kappa shape index (κ3) is 5.89. The number of rotatable bonds is 9. The first-order valence-electron chi connectivity index (χ1n) is 12.5. The van der Waals surface area contributed by atoms with Crippen molar-refractivity contribution in [3.8, 4) is 11.5 Å². The topological polar surface area (TPSA) is 50.8 Å². The van der Waals surface area contributed by atoms with Crippen LogP contribution in [-0.2, 0) is 10.2 Å². The first-order valence-corrected chi connectivity index (χ1v) is 12.5. The number of likely N-dealkylation sites (tertiary alicyclic amines) is 1. The molecule has 5 heteroatoms. The maximum absolute atomic E-state index is 13.4. The third-order valence-electron chi connectivity index (χ3n) is 7.28. The van der Waals surface area contributed by atoms with Gasteiger partial charge in [-0.15, -0.1) is 0 Å². The number of piperidine rings is 1. The summed E-state index contributed by atoms with van der Waals surface area (Å²) < 4.78 is 11.2. The molecule has 1 saturated heterocycles. The largest absolute Gasteiger partial charge is 0.497 e. The van der Waals surface area contributed by atoms with E-state index in [2.05, 4.69) is 17.1 Å². The maximum atomic E-state index is 13.4. The molecular formula is C28H38N2O3. The quantitative estimate of drug-likeness (QED) is 0.502. The second kappa shape index (κ2) is 11.1. The van der Waals surface area contributed by atoms with Gasteiger partial charge in [-0.3, -0.25) is 4.79 Å². The number of amides is 1. The average Bonchev–Trinajstić information content (AvgIpc) is 3.34. The second-order valence-electron chi connectivity index (χ2n) is 9.75. The zero-order chi connectivity index (χ0) is 23.1. The van der Waals surface area contributed by atoms with Crippen LogP contribution in [0.4, 0.5) is 5.69 Å². The van der Waals surface area contributed by atoms with Crippen molar-refractivity contribution in [1.29, 1.82) is 0 Å². The zero-order valence-electron chi connectivity index (χ0n) is 20.1. The normalized spacial score (nSPS) is 20.4. The Labute approximate surface area is 198 Å². The zero-order valence-corrected chi connectivity index (χ0v) is 20.1. The third-order valence-corrected chi connectivity index (χ3v) is 7.28. The Morgan fingerprint density at radius 2 is 1.73 bits per heavy atom. The van der Waals surface area contributed by atoms with Gasteiger partial charge < -0.3 is 19.7 Å². The molecule has 1 aliphatic carbocycles. The van der Waals surface area contributed by atoms with E-state index in [-0.39, 0.29) is 5.91 Å². The van der Waals surface area contributed by atoms with E-state index in [1.54, 1.807) is 7.11 Å². The number of benzene rings is 2. The fraction of sp³-hybridized carbons (Fsp3) is 0.536. The molecule has 0 unspecified atom stereocenters. The van der Waals surface area contributed by atoms with Crippen molar-refractivity contribution in [3.05, 3.63) is 54.1 Å². The molecule has 2 aromatic carbocycles. The molecule has 1 saturated carbocycles. The van der Waals surface area contributed by atoms with Gasteiger partial charge in [0.1, 0.15) is 11.5 Å². The fourth-order valence-electron chi connectivity index (χ4n) is 5.39. The molecule has 178 valence electrons. The number of hydrogen-bond donors (Lipinski definition) is 1. The van der Waals surface area contributed by atoms with Crippen LogP contribution in [0.15, 0.2) is 48.5 Å². The fourth-order valence-corrected chi connectivity index (χ4v) is 5.39. The summed E-state index contributed by atoms with van der Waals surface area (Å²) in [6.45, 7) is 6.60. The summed E-state index contributed by atoms with van der Waals surface area (Å²) >= 11 is 0. The highest BCUT2D eigenvalue weighted by Crippen LogP contribution is 2.42. The molecule has 1 heterocycles. The van der Waals surface area contributed by atoms with Crippen LogP contribution < -0.4 is 14.8 Å². The summed E-state index contributed by atoms with van der Waals surface area (Å²) in [6.07, 6.45) is 7.61. The average molecular weight is 451 g/mol. The molecule has 0 aromatic heterocycles. The number of carbonyl (C=O) groups is 1. The molecule has 2 aromatic rings. The second-order valence-corrected chi connectivity index (χ2v) is 9.75. The Kier molecular flexibility index (Phi) is 7.92. The van der Waals surface area contributed by atoms with Crippen LogP contribution in [0.1, 0.15) is 57.4 Å². The number of methoxy groups -OCH3 is 1. The van der Waals surface area contributed by atoms with E-state index in [9.17, 15) is 4.79 Å². The predicted octanol–water partition coefficient (Wildman–Crippen LogP) is 5.65. The highest BCUT2D eigenvalue weighted by Gasteiger charge is 2.42. The van der Waals surface area contributed by atoms with Gasteiger partial charge in [-0.25, -0.2) is 0 Å². The van der Waals surface area contributed by atoms with Gasteiger partial charge >= 0.3 is 0 Å². The Morgan fingerprint density at radius 3 is 2.39 bits per heavy atom. The van der Waals surface area contributed by atoms with Gasteiger partial charge in [0.2, 0.25) is 5.91 Å². The molecule has 0 radical (unpaired) electrons. The minimum Gasteiger partial charge on any atom is -0.497 e. The van der Waals surface area contributed by atoms with Crippen molar-refractivity contribution in [1.82, 2.24) is 4.90 Å². The van der Waals surface area contributed by atoms with E-state index in [1.165, 1.54) is 25.9 Å². The van der Waals surface area contributed by atoms with Gasteiger partial charge in [-0.05, 0) is 86.5 Å². The summed E-state index contributed by atoms with van der Waals surface area (Å²) in [6, 6.07) is 15.7. The van der Waals surface area contributed by atoms with Gasteiger partial charge in [0, 0.05) is 18.8 Å². The van der Waals surface area contributed by atoms with Crippen LogP contribution in [0.5, 0.6) is 11.5 Å². The molecule has 0 bridgehead atoms. The standard InChI is InChI=1S/C28H38N2O3/c1-22-7-5-18-30(21-22)19-6-20-33-26-14-10-24(11-15-26)29-27(31)28(16-3-4-17-28)23-8-12-25(32-2)13-9-23/h8-15,22H,3-7,16-21H2,1-2H3,(H,29,31)/t22-/m1/s1. The Morgan fingerprint density at radius 1 is 1.03 bits per heavy atom. The molecule has 2 aliphatic rings. The Bertz CT molecular complexity index is 888. The summed E-state index contributed by atoms with van der Waals surface area (Å²) in [4.78, 5) is 15.9. The first kappa shape index (κ1) is 23.6. The number of hydrogen-bond acceptors (Lipinski definition) is 4. The van der Waals surface area contributed by atoms with Crippen LogP contribution in [-0.4, -0.2) is 44.2 Å². The molecule has 1 atom stereocenters. The molecule has 4 rings (SSSR count). The number of nitrogens with zero attached hydrogens (tertiary/aromatic N) is 1. The molecule has 33 heavy (non-hydrogen) atoms. The highest BCUT2D eigenvalue weighted by atomic mass is 16.5. The molecule has 2 fully saturated rings. The summed E-state index contributed by atoms with van der Waals surface area (Å²) in [5, 5.41) is 3.16. The Balaban J connectivity index is 1.29. The minimum atomic E-state index is -0.465. The first-order chi connectivity index (χ1) is 16.1. The van der Waals surface area contributed by atoms with Crippen LogP contribution in [0, 0.1) is 5.92 Å². The molecular weight excluding hydrogens is 412 g/mol. The van der Waals surface area contributed by atoms with Crippen LogP contribution in [0.2, 0.25) is 0 Å². The number of ether oxygens (including phenoxy) is 2. The van der Waals surface area contributed by atoms with E-state index in [0.717, 1.165) is 73.9 Å². The van der Waals surface area contributed by atoms with Gasteiger partial charge in [0.05, 0.1) is 19.1 Å². The monoisotopic (exact) mass is 450 g/mol. The molecule has 1 aliphatic heterocycles. The van der Waals surface area contributed by atoms with Crippen LogP contribution >= 0.6 is 0 Å². The molecule has 1 amide bonds. The smallest absolute Gasteiger partial charge is 0.235 e. The predicted molar refractivity (Wildman–Crippen MR) is 133 cm³/mol. The van der Waals surface area contributed by atoms with Gasteiger partial charge in [-0.2, -0.15) is 0 Å². The summed E-state index contributed by atoms with van der Waals surface area (Å²) in [5.41, 5.74) is 1.42. The summed E-state index contributed by atoms with van der Waals surface area (Å²) in [5.74, 6) is 2.56. The van der Waals surface area contributed by atoms with Crippen molar-refractivity contribution in [3.63, 3.8) is 0 Å². The van der Waals surface area contributed by atoms with E-state index in [4.69, 9.17) is 9.47 Å². The molecule has 0 spiro atoms. The van der Waals surface area contributed by atoms with Crippen molar-refractivity contribution in [2.75, 3.05) is 38.7 Å². The Hall–Kier alpha value is -2.53. The van der Waals surface area contributed by atoms with Crippen molar-refractivity contribution in [2.45, 2.75) is 57.3 Å². The van der Waals surface area contributed by atoms with Crippen molar-refractivity contribution in [2.24, 2.45) is 5.92 Å². The lowest BCUT2D eigenvalue weighted by Crippen LogP contribution is -2.37. The lowest BCUT2D eigenvalue weighted by Gasteiger charge is -2.30. The van der Waals surface area contributed by atoms with Gasteiger partial charge in [0.15, 0.2) is 0 Å². The van der Waals surface area contributed by atoms with E-state index >= 15 is 0 Å². The summed E-state index contributed by atoms with van der Waals surface area (Å²) in [7, 11) is 1.66. The van der Waals surface area contributed by atoms with E-state index < -0.39 is 5.41 Å². The van der Waals surface area contributed by atoms with Crippen LogP contribution in [0.3, 0.4) is 0 Å². The van der Waals surface area contributed by atoms with E-state index in [1.807, 2.05) is 48.5 Å². The van der Waals surface area contributed by atoms with Gasteiger partial charge in [0.25, 0.3) is 0 Å². The number of nitrogens with one attached hydrogen (secondary N) is 1. The SMILES string of the molecule is COc1ccc(C2(C(=O)Nc3ccc(OCCCN4CCC[C@@H](C)C4)cc3)CCCC2)cc1. The molecule has 5 nitrogen and oxygen atoms in total. The van der Waals surface area contributed by atoms with Crippen LogP contribution in [0.25, 0.3) is 0 Å². The van der Waals surface area contributed by atoms with Crippen molar-refractivity contribution >= 4 is 11.6 Å². The highest BCUT2D eigenvalue weighted by molar-refractivity contribution is 5.99. The maximum Gasteiger partial charge on any atom is 0.235 e. The lowest BCUT2D eigenvalue weighted by molar-refractivity contribution is -0.121. The number of carbonyl (C=O) groups excluding carboxylic acids is 1. The van der Waals surface area contributed by atoms with Crippen molar-refractivity contribution < 1.29 is 14.3 Å². The minimum absolute atomic E-state index is 0.0783. The number of anilines is 1. The molecule has 1 N–H and O–H groups in total.